The first kappa shape index (κ1) is 9.78. The van der Waals surface area contributed by atoms with E-state index in [9.17, 15) is 4.79 Å². The van der Waals surface area contributed by atoms with Gasteiger partial charge in [0.1, 0.15) is 5.75 Å². The van der Waals surface area contributed by atoms with Crippen LogP contribution in [0.3, 0.4) is 0 Å². The molecule has 0 aliphatic carbocycles. The minimum Gasteiger partial charge on any atom is -0.493 e. The number of carbonyl (C=O) groups excluding carboxylic acids is 1. The normalized spacial score (nSPS) is 10.1. The smallest absolute Gasteiger partial charge is 0.233 e. The summed E-state index contributed by atoms with van der Waals surface area (Å²) < 4.78 is 5.44. The molecule has 0 atom stereocenters. The largest absolute Gasteiger partial charge is 0.493 e. The molecular weight excluding hydrogens is 164 g/mol. The number of hydrogen-bond donors (Lipinski definition) is 0. The maximum absolute atomic E-state index is 10.2. The van der Waals surface area contributed by atoms with Gasteiger partial charge in [-0.25, -0.2) is 0 Å². The Labute approximate surface area is 78.5 Å². The van der Waals surface area contributed by atoms with Crippen LogP contribution in [0.5, 0.6) is 5.75 Å². The van der Waals surface area contributed by atoms with Gasteiger partial charge < -0.3 is 4.74 Å². The van der Waals surface area contributed by atoms with Crippen molar-refractivity contribution in [3.8, 4) is 5.75 Å². The third kappa shape index (κ3) is 3.28. The molecule has 0 fully saturated rings. The van der Waals surface area contributed by atoms with Crippen molar-refractivity contribution >= 4 is 6.29 Å². The summed E-state index contributed by atoms with van der Waals surface area (Å²) in [5.74, 6) is 1.31. The van der Waals surface area contributed by atoms with Crippen molar-refractivity contribution in [2.75, 3.05) is 6.61 Å². The molecule has 13 heavy (non-hydrogen) atoms. The molecule has 0 unspecified atom stereocenters. The fraction of sp³-hybridized carbons (Fsp3) is 0.364. The molecule has 0 amide bonds. The van der Waals surface area contributed by atoms with Gasteiger partial charge in [-0.1, -0.05) is 13.8 Å². The summed E-state index contributed by atoms with van der Waals surface area (Å²) in [7, 11) is 0. The zero-order chi connectivity index (χ0) is 9.68. The Bertz CT molecular complexity index is 262. The van der Waals surface area contributed by atoms with Crippen molar-refractivity contribution in [1.82, 2.24) is 0 Å². The number of rotatable bonds is 4. The molecule has 0 aliphatic heterocycles. The van der Waals surface area contributed by atoms with Crippen molar-refractivity contribution in [3.05, 3.63) is 29.8 Å². The Morgan fingerprint density at radius 1 is 1.31 bits per heavy atom. The van der Waals surface area contributed by atoms with Crippen LogP contribution >= 0.6 is 0 Å². The Balaban J connectivity index is 2.54. The monoisotopic (exact) mass is 177 g/mol. The number of ether oxygens (including phenoxy) is 1. The van der Waals surface area contributed by atoms with Gasteiger partial charge >= 0.3 is 0 Å². The van der Waals surface area contributed by atoms with Gasteiger partial charge in [-0.3, -0.25) is 4.79 Å². The fourth-order valence-electron chi connectivity index (χ4n) is 0.882. The molecule has 1 rings (SSSR count). The van der Waals surface area contributed by atoms with E-state index in [-0.39, 0.29) is 0 Å². The van der Waals surface area contributed by atoms with Gasteiger partial charge in [0.2, 0.25) is 6.29 Å². The highest BCUT2D eigenvalue weighted by Crippen LogP contribution is 2.11. The van der Waals surface area contributed by atoms with Gasteiger partial charge in [0, 0.05) is 5.56 Å². The van der Waals surface area contributed by atoms with Crippen LogP contribution in [0.2, 0.25) is 0 Å². The van der Waals surface area contributed by atoms with Gasteiger partial charge in [0.25, 0.3) is 0 Å². The molecule has 0 bridgehead atoms. The standard InChI is InChI=1S/C11H13O2/c1-9(2)8-13-11-5-3-10(7-12)4-6-11/h3-6,9H,8H2,1-2H3. The fourth-order valence-corrected chi connectivity index (χ4v) is 0.882. The summed E-state index contributed by atoms with van der Waals surface area (Å²) in [6, 6.07) is 6.95. The number of hydrogen-bond acceptors (Lipinski definition) is 2. The zero-order valence-corrected chi connectivity index (χ0v) is 7.91. The molecule has 2 heteroatoms. The highest BCUT2D eigenvalue weighted by atomic mass is 16.5. The molecule has 0 N–H and O–H groups in total. The first-order valence-electron chi connectivity index (χ1n) is 4.33. The van der Waals surface area contributed by atoms with E-state index in [0.717, 1.165) is 5.75 Å². The van der Waals surface area contributed by atoms with Crippen LogP contribution in [0.25, 0.3) is 0 Å². The van der Waals surface area contributed by atoms with Gasteiger partial charge in [0.05, 0.1) is 6.61 Å². The van der Waals surface area contributed by atoms with Crippen molar-refractivity contribution in [3.63, 3.8) is 0 Å². The van der Waals surface area contributed by atoms with E-state index >= 15 is 0 Å². The van der Waals surface area contributed by atoms with E-state index in [1.807, 2.05) is 6.29 Å². The summed E-state index contributed by atoms with van der Waals surface area (Å²) in [5.41, 5.74) is 0.553. The lowest BCUT2D eigenvalue weighted by molar-refractivity contribution is 0.271. The number of benzene rings is 1. The highest BCUT2D eigenvalue weighted by Gasteiger charge is 1.97. The van der Waals surface area contributed by atoms with Crippen molar-refractivity contribution in [2.45, 2.75) is 13.8 Å². The summed E-state index contributed by atoms with van der Waals surface area (Å²) in [6.07, 6.45) is 1.81. The van der Waals surface area contributed by atoms with Gasteiger partial charge in [0.15, 0.2) is 0 Å². The van der Waals surface area contributed by atoms with Crippen molar-refractivity contribution < 1.29 is 9.53 Å². The maximum atomic E-state index is 10.2. The second kappa shape index (κ2) is 4.65. The quantitative estimate of drug-likeness (QED) is 0.704. The first-order valence-corrected chi connectivity index (χ1v) is 4.33. The molecular formula is C11H13O2. The van der Waals surface area contributed by atoms with E-state index in [1.165, 1.54) is 0 Å². The molecule has 1 radical (unpaired) electrons. The third-order valence-electron chi connectivity index (χ3n) is 1.56. The summed E-state index contributed by atoms with van der Waals surface area (Å²) in [4.78, 5) is 10.2. The Morgan fingerprint density at radius 3 is 2.38 bits per heavy atom. The zero-order valence-electron chi connectivity index (χ0n) is 7.91. The van der Waals surface area contributed by atoms with Crippen LogP contribution in [-0.4, -0.2) is 12.9 Å². The van der Waals surface area contributed by atoms with E-state index in [1.54, 1.807) is 24.3 Å². The lowest BCUT2D eigenvalue weighted by atomic mass is 10.2. The van der Waals surface area contributed by atoms with E-state index in [0.29, 0.717) is 18.1 Å². The summed E-state index contributed by atoms with van der Waals surface area (Å²) in [6.45, 7) is 4.88. The SMILES string of the molecule is CC(C)COc1ccc([C]=O)cc1. The van der Waals surface area contributed by atoms with Gasteiger partial charge in [-0.15, -0.1) is 0 Å². The lowest BCUT2D eigenvalue weighted by Crippen LogP contribution is -2.04. The lowest BCUT2D eigenvalue weighted by Gasteiger charge is -2.07. The second-order valence-electron chi connectivity index (χ2n) is 3.33. The highest BCUT2D eigenvalue weighted by molar-refractivity contribution is 5.75. The van der Waals surface area contributed by atoms with Crippen molar-refractivity contribution in [1.29, 1.82) is 0 Å². The van der Waals surface area contributed by atoms with Crippen LogP contribution in [0.1, 0.15) is 19.4 Å². The molecule has 1 aromatic carbocycles. The van der Waals surface area contributed by atoms with Crippen LogP contribution < -0.4 is 4.74 Å². The van der Waals surface area contributed by atoms with Crippen LogP contribution in [0, 0.1) is 5.92 Å². The first-order chi connectivity index (χ1) is 6.22. The molecule has 0 saturated carbocycles. The molecule has 0 saturated heterocycles. The van der Waals surface area contributed by atoms with Gasteiger partial charge in [-0.05, 0) is 30.2 Å². The molecule has 0 aromatic heterocycles. The predicted octanol–water partition coefficient (Wildman–Crippen LogP) is 2.18. The summed E-state index contributed by atoms with van der Waals surface area (Å²) >= 11 is 0. The molecule has 2 nitrogen and oxygen atoms in total. The summed E-state index contributed by atoms with van der Waals surface area (Å²) in [5, 5.41) is 0. The van der Waals surface area contributed by atoms with Crippen LogP contribution in [0.15, 0.2) is 24.3 Å². The minimum atomic E-state index is 0.511. The maximum Gasteiger partial charge on any atom is 0.233 e. The van der Waals surface area contributed by atoms with E-state index < -0.39 is 0 Å². The third-order valence-corrected chi connectivity index (χ3v) is 1.56. The average Bonchev–Trinajstić information content (AvgIpc) is 2.15. The van der Waals surface area contributed by atoms with E-state index in [4.69, 9.17) is 4.74 Å². The van der Waals surface area contributed by atoms with Gasteiger partial charge in [-0.2, -0.15) is 0 Å². The molecule has 0 heterocycles. The van der Waals surface area contributed by atoms with E-state index in [2.05, 4.69) is 13.8 Å². The minimum absolute atomic E-state index is 0.511. The van der Waals surface area contributed by atoms with Crippen molar-refractivity contribution in [2.24, 2.45) is 5.92 Å². The predicted molar refractivity (Wildman–Crippen MR) is 51.6 cm³/mol. The van der Waals surface area contributed by atoms with Crippen LogP contribution in [-0.2, 0) is 4.79 Å². The molecule has 1 aromatic rings. The Morgan fingerprint density at radius 2 is 1.92 bits per heavy atom. The van der Waals surface area contributed by atoms with Crippen LogP contribution in [0.4, 0.5) is 0 Å². The Kier molecular flexibility index (Phi) is 3.50. The average molecular weight is 177 g/mol. The Hall–Kier alpha value is -1.31. The topological polar surface area (TPSA) is 26.3 Å². The molecule has 69 valence electrons. The molecule has 0 spiro atoms. The molecule has 0 aliphatic rings. The second-order valence-corrected chi connectivity index (χ2v) is 3.33.